The van der Waals surface area contributed by atoms with Crippen molar-refractivity contribution in [1.29, 1.82) is 0 Å². The molecule has 0 bridgehead atoms. The van der Waals surface area contributed by atoms with Crippen molar-refractivity contribution in [2.75, 3.05) is 5.73 Å². The van der Waals surface area contributed by atoms with Crippen molar-refractivity contribution in [2.24, 2.45) is 0 Å². The molecule has 5 N–H and O–H groups in total. The molecule has 192 valence electrons. The largest absolute Gasteiger partial charge is 0.465 e. The van der Waals surface area contributed by atoms with Gasteiger partial charge in [0.25, 0.3) is 5.56 Å². The molecule has 2 aromatic carbocycles. The summed E-state index contributed by atoms with van der Waals surface area (Å²) in [5, 5.41) is 13.9. The lowest BCUT2D eigenvalue weighted by atomic mass is 9.96. The number of anilines is 1. The first-order valence-electron chi connectivity index (χ1n) is 11.6. The van der Waals surface area contributed by atoms with Crippen LogP contribution in [0.1, 0.15) is 37.3 Å². The molecule has 0 unspecified atom stereocenters. The summed E-state index contributed by atoms with van der Waals surface area (Å²) < 4.78 is 36.4. The normalized spacial score (nSPS) is 14.2. The number of hydrogen-bond acceptors (Lipinski definition) is 6. The molecular formula is C25H23F2N5O5. The Morgan fingerprint density at radius 3 is 2.65 bits per heavy atom. The van der Waals surface area contributed by atoms with Crippen LogP contribution in [0, 0.1) is 18.6 Å². The second kappa shape index (κ2) is 8.87. The lowest BCUT2D eigenvalue weighted by Crippen LogP contribution is -2.44. The summed E-state index contributed by atoms with van der Waals surface area (Å²) in [5.41, 5.74) is 6.61. The molecule has 0 radical (unpaired) electrons. The lowest BCUT2D eigenvalue weighted by Gasteiger charge is -2.16. The Labute approximate surface area is 208 Å². The molecule has 1 fully saturated rings. The molecule has 37 heavy (non-hydrogen) atoms. The Hall–Kier alpha value is -4.48. The van der Waals surface area contributed by atoms with Crippen LogP contribution in [-0.2, 0) is 11.3 Å². The maximum Gasteiger partial charge on any atom is 0.405 e. The Balaban J connectivity index is 1.62. The van der Waals surface area contributed by atoms with Gasteiger partial charge in [-0.1, -0.05) is 6.07 Å². The maximum absolute atomic E-state index is 14.8. The molecule has 2 amide bonds. The summed E-state index contributed by atoms with van der Waals surface area (Å²) >= 11 is 0. The molecule has 0 spiro atoms. The van der Waals surface area contributed by atoms with Gasteiger partial charge in [-0.05, 0) is 49.9 Å². The van der Waals surface area contributed by atoms with Gasteiger partial charge in [0.2, 0.25) is 11.8 Å². The first kappa shape index (κ1) is 24.2. The molecule has 1 saturated carbocycles. The summed E-state index contributed by atoms with van der Waals surface area (Å²) in [7, 11) is 0. The van der Waals surface area contributed by atoms with Crippen LogP contribution in [0.3, 0.4) is 0 Å². The van der Waals surface area contributed by atoms with E-state index in [0.29, 0.717) is 22.0 Å². The highest BCUT2D eigenvalue weighted by molar-refractivity contribution is 6.04. The van der Waals surface area contributed by atoms with Gasteiger partial charge >= 0.3 is 6.09 Å². The maximum atomic E-state index is 14.8. The topological polar surface area (TPSA) is 152 Å². The number of amides is 2. The van der Waals surface area contributed by atoms with E-state index in [1.165, 1.54) is 6.92 Å². The SMILES string of the molecule is Cc1c(-c2cc(F)c(N)cc2F)ccc2c3oc(CNC(=O)[C@H](C)NC(=O)O)nc3c(=O)n(C3CC3)c12. The third-order valence-electron chi connectivity index (χ3n) is 6.45. The number of nitrogens with one attached hydrogen (secondary N) is 2. The van der Waals surface area contributed by atoms with Gasteiger partial charge in [-0.25, -0.2) is 18.6 Å². The Morgan fingerprint density at radius 2 is 1.97 bits per heavy atom. The van der Waals surface area contributed by atoms with Gasteiger partial charge in [0.1, 0.15) is 17.7 Å². The fraction of sp³-hybridized carbons (Fsp3) is 0.280. The molecule has 1 atom stereocenters. The monoisotopic (exact) mass is 511 g/mol. The number of carbonyl (C=O) groups excluding carboxylic acids is 1. The van der Waals surface area contributed by atoms with E-state index in [2.05, 4.69) is 10.3 Å². The van der Waals surface area contributed by atoms with Crippen LogP contribution in [0.4, 0.5) is 19.3 Å². The minimum absolute atomic E-state index is 0.0195. The average Bonchev–Trinajstić information content (AvgIpc) is 3.58. The molecular weight excluding hydrogens is 488 g/mol. The van der Waals surface area contributed by atoms with Crippen molar-refractivity contribution in [3.05, 3.63) is 57.7 Å². The molecule has 4 aromatic rings. The molecule has 1 aliphatic carbocycles. The van der Waals surface area contributed by atoms with E-state index in [1.807, 2.05) is 5.32 Å². The predicted octanol–water partition coefficient (Wildman–Crippen LogP) is 3.59. The van der Waals surface area contributed by atoms with Crippen LogP contribution in [0.5, 0.6) is 0 Å². The zero-order valence-corrected chi connectivity index (χ0v) is 19.9. The number of fused-ring (bicyclic) bond motifs is 3. The first-order valence-corrected chi connectivity index (χ1v) is 11.6. The van der Waals surface area contributed by atoms with Crippen molar-refractivity contribution in [3.63, 3.8) is 0 Å². The quantitative estimate of drug-likeness (QED) is 0.289. The summed E-state index contributed by atoms with van der Waals surface area (Å²) in [4.78, 5) is 40.7. The number of halogens is 2. The smallest absolute Gasteiger partial charge is 0.405 e. The van der Waals surface area contributed by atoms with E-state index < -0.39 is 35.2 Å². The molecule has 2 heterocycles. The van der Waals surface area contributed by atoms with Crippen molar-refractivity contribution >= 4 is 39.7 Å². The van der Waals surface area contributed by atoms with Crippen molar-refractivity contribution in [1.82, 2.24) is 20.2 Å². The molecule has 0 aliphatic heterocycles. The number of nitrogens with two attached hydrogens (primary N) is 1. The van der Waals surface area contributed by atoms with Gasteiger partial charge in [0, 0.05) is 23.1 Å². The van der Waals surface area contributed by atoms with Gasteiger partial charge in [-0.2, -0.15) is 0 Å². The fourth-order valence-electron chi connectivity index (χ4n) is 4.49. The average molecular weight is 511 g/mol. The van der Waals surface area contributed by atoms with Crippen LogP contribution in [0.25, 0.3) is 33.1 Å². The van der Waals surface area contributed by atoms with Crippen LogP contribution in [0.15, 0.2) is 33.5 Å². The minimum atomic E-state index is -1.34. The van der Waals surface area contributed by atoms with E-state index in [0.717, 1.165) is 25.0 Å². The highest BCUT2D eigenvalue weighted by Gasteiger charge is 2.30. The molecule has 2 aromatic heterocycles. The van der Waals surface area contributed by atoms with E-state index in [1.54, 1.807) is 23.6 Å². The van der Waals surface area contributed by atoms with Gasteiger partial charge in [0.05, 0.1) is 17.7 Å². The number of pyridine rings is 1. The number of nitrogen functional groups attached to an aromatic ring is 1. The third-order valence-corrected chi connectivity index (χ3v) is 6.45. The van der Waals surface area contributed by atoms with Gasteiger partial charge in [0.15, 0.2) is 11.1 Å². The number of carboxylic acid groups (broad SMARTS) is 1. The first-order chi connectivity index (χ1) is 17.6. The summed E-state index contributed by atoms with van der Waals surface area (Å²) in [6.07, 6.45) is 0.224. The molecule has 10 nitrogen and oxygen atoms in total. The van der Waals surface area contributed by atoms with Gasteiger partial charge < -0.3 is 30.5 Å². The number of rotatable bonds is 6. The van der Waals surface area contributed by atoms with Crippen molar-refractivity contribution in [2.45, 2.75) is 45.3 Å². The van der Waals surface area contributed by atoms with Gasteiger partial charge in [-0.15, -0.1) is 0 Å². The number of aromatic nitrogens is 2. The molecule has 5 rings (SSSR count). The van der Waals surface area contributed by atoms with Crippen molar-refractivity contribution in [3.8, 4) is 11.1 Å². The second-order valence-electron chi connectivity index (χ2n) is 9.07. The Kier molecular flexibility index (Phi) is 5.81. The molecule has 1 aliphatic rings. The van der Waals surface area contributed by atoms with E-state index in [9.17, 15) is 23.2 Å². The fourth-order valence-corrected chi connectivity index (χ4v) is 4.49. The standard InChI is InChI=1S/C25H23F2N5O5/c1-10-13(15-7-17(27)18(28)8-16(15)26)5-6-14-21(10)32(12-3-4-12)24(34)20-22(14)37-19(31-20)9-29-23(33)11(2)30-25(35)36/h5-8,11-12,30H,3-4,9,28H2,1-2H3,(H,29,33)(H,35,36)/t11-/m0/s1. The van der Waals surface area contributed by atoms with E-state index in [4.69, 9.17) is 15.3 Å². The highest BCUT2D eigenvalue weighted by atomic mass is 19.1. The Morgan fingerprint density at radius 1 is 1.24 bits per heavy atom. The molecule has 0 saturated heterocycles. The highest BCUT2D eigenvalue weighted by Crippen LogP contribution is 2.41. The minimum Gasteiger partial charge on any atom is -0.465 e. The van der Waals surface area contributed by atoms with Crippen LogP contribution >= 0.6 is 0 Å². The summed E-state index contributed by atoms with van der Waals surface area (Å²) in [6, 6.07) is 4.18. The number of aryl methyl sites for hydroxylation is 1. The predicted molar refractivity (Wildman–Crippen MR) is 131 cm³/mol. The number of oxazole rings is 1. The van der Waals surface area contributed by atoms with Gasteiger partial charge in [-0.3, -0.25) is 9.59 Å². The molecule has 12 heteroatoms. The summed E-state index contributed by atoms with van der Waals surface area (Å²) in [6.45, 7) is 2.94. The van der Waals surface area contributed by atoms with Crippen molar-refractivity contribution < 1.29 is 27.9 Å². The number of carbonyl (C=O) groups is 2. The van der Waals surface area contributed by atoms with Crippen LogP contribution in [0.2, 0.25) is 0 Å². The zero-order chi connectivity index (χ0) is 26.6. The third kappa shape index (κ3) is 4.24. The van der Waals surface area contributed by atoms with Crippen LogP contribution < -0.4 is 21.9 Å². The second-order valence-corrected chi connectivity index (χ2v) is 9.07. The zero-order valence-electron chi connectivity index (χ0n) is 19.9. The van der Waals surface area contributed by atoms with Crippen LogP contribution in [-0.4, -0.2) is 32.7 Å². The lowest BCUT2D eigenvalue weighted by molar-refractivity contribution is -0.122. The number of benzene rings is 2. The van der Waals surface area contributed by atoms with E-state index >= 15 is 0 Å². The number of nitrogens with zero attached hydrogens (tertiary/aromatic N) is 2. The summed E-state index contributed by atoms with van der Waals surface area (Å²) in [5.74, 6) is -1.97. The number of hydrogen-bond donors (Lipinski definition) is 4. The Bertz CT molecular complexity index is 1660. The van der Waals surface area contributed by atoms with E-state index in [-0.39, 0.29) is 40.8 Å².